The number of likely N-dealkylation sites (tertiary alicyclic amines) is 1. The second-order valence-corrected chi connectivity index (χ2v) is 5.35. The third-order valence-electron chi connectivity index (χ3n) is 4.18. The number of carbonyl (C=O) groups is 1. The van der Waals surface area contributed by atoms with Crippen LogP contribution in [0, 0.1) is 0 Å². The lowest BCUT2D eigenvalue weighted by Crippen LogP contribution is -2.49. The molecule has 1 heterocycles. The molecule has 1 aliphatic heterocycles. The molecule has 1 aliphatic rings. The minimum absolute atomic E-state index is 0.0820. The average Bonchev–Trinajstić information content (AvgIpc) is 2.49. The number of rotatable bonds is 4. The van der Waals surface area contributed by atoms with Gasteiger partial charge in [-0.1, -0.05) is 31.5 Å². The molecule has 1 aromatic carbocycles. The van der Waals surface area contributed by atoms with E-state index in [0.717, 1.165) is 37.8 Å². The van der Waals surface area contributed by atoms with E-state index in [1.54, 1.807) is 13.1 Å². The lowest BCUT2D eigenvalue weighted by atomic mass is 9.94. The number of aromatic hydroxyl groups is 1. The highest BCUT2D eigenvalue weighted by atomic mass is 16.3. The number of amides is 1. The molecule has 4 heteroatoms. The highest BCUT2D eigenvalue weighted by molar-refractivity contribution is 5.81. The van der Waals surface area contributed by atoms with Gasteiger partial charge in [-0.05, 0) is 31.9 Å². The summed E-state index contributed by atoms with van der Waals surface area (Å²) in [5, 5.41) is 12.9. The van der Waals surface area contributed by atoms with E-state index >= 15 is 0 Å². The van der Waals surface area contributed by atoms with Gasteiger partial charge in [-0.25, -0.2) is 0 Å². The van der Waals surface area contributed by atoms with Gasteiger partial charge in [0.05, 0.1) is 6.04 Å². The average molecular weight is 276 g/mol. The van der Waals surface area contributed by atoms with Crippen molar-refractivity contribution in [3.8, 4) is 5.75 Å². The predicted octanol–water partition coefficient (Wildman–Crippen LogP) is 2.44. The molecule has 4 nitrogen and oxygen atoms in total. The molecule has 0 aromatic heterocycles. The Hall–Kier alpha value is -1.55. The largest absolute Gasteiger partial charge is 0.508 e. The summed E-state index contributed by atoms with van der Waals surface area (Å²) in [6, 6.07) is 7.46. The van der Waals surface area contributed by atoms with Gasteiger partial charge in [-0.15, -0.1) is 0 Å². The Morgan fingerprint density at radius 3 is 2.85 bits per heavy atom. The maximum absolute atomic E-state index is 12.1. The number of likely N-dealkylation sites (N-methyl/N-ethyl adjacent to an activating group) is 1. The van der Waals surface area contributed by atoms with Crippen molar-refractivity contribution in [2.75, 3.05) is 13.6 Å². The Bertz CT molecular complexity index is 462. The van der Waals surface area contributed by atoms with Gasteiger partial charge in [0, 0.05) is 18.7 Å². The van der Waals surface area contributed by atoms with Crippen LogP contribution in [-0.4, -0.2) is 35.5 Å². The lowest BCUT2D eigenvalue weighted by Gasteiger charge is -2.40. The Morgan fingerprint density at radius 2 is 2.20 bits per heavy atom. The van der Waals surface area contributed by atoms with Crippen LogP contribution >= 0.6 is 0 Å². The number of nitrogens with one attached hydrogen (secondary N) is 1. The fraction of sp³-hybridized carbons (Fsp3) is 0.562. The van der Waals surface area contributed by atoms with Crippen molar-refractivity contribution in [1.29, 1.82) is 0 Å². The first-order chi connectivity index (χ1) is 9.69. The molecule has 2 unspecified atom stereocenters. The predicted molar refractivity (Wildman–Crippen MR) is 79.6 cm³/mol. The summed E-state index contributed by atoms with van der Waals surface area (Å²) in [5.41, 5.74) is 0.922. The molecule has 1 fully saturated rings. The Balaban J connectivity index is 2.29. The van der Waals surface area contributed by atoms with E-state index in [9.17, 15) is 9.90 Å². The standard InChI is InChI=1S/C16H24N2O2/c1-3-13(12-8-4-5-10-15(12)19)18-11-7-6-9-14(18)16(20)17-2/h4-5,8,10,13-14,19H,3,6-7,9,11H2,1-2H3,(H,17,20). The van der Waals surface area contributed by atoms with E-state index in [1.165, 1.54) is 0 Å². The number of carbonyl (C=O) groups excluding carboxylic acids is 1. The first kappa shape index (κ1) is 14.9. The summed E-state index contributed by atoms with van der Waals surface area (Å²) >= 11 is 0. The summed E-state index contributed by atoms with van der Waals surface area (Å²) in [6.07, 6.45) is 3.97. The summed E-state index contributed by atoms with van der Waals surface area (Å²) in [5.74, 6) is 0.402. The lowest BCUT2D eigenvalue weighted by molar-refractivity contribution is -0.128. The molecule has 2 atom stereocenters. The Kier molecular flexibility index (Phi) is 5.01. The molecule has 1 aromatic rings. The minimum Gasteiger partial charge on any atom is -0.508 e. The molecule has 2 N–H and O–H groups in total. The number of hydrogen-bond donors (Lipinski definition) is 2. The van der Waals surface area contributed by atoms with Crippen molar-refractivity contribution in [3.63, 3.8) is 0 Å². The number of phenolic OH excluding ortho intramolecular Hbond substituents is 1. The van der Waals surface area contributed by atoms with Crippen LogP contribution < -0.4 is 5.32 Å². The maximum Gasteiger partial charge on any atom is 0.237 e. The van der Waals surface area contributed by atoms with Gasteiger partial charge in [0.25, 0.3) is 0 Å². The van der Waals surface area contributed by atoms with Gasteiger partial charge in [0.15, 0.2) is 0 Å². The van der Waals surface area contributed by atoms with Crippen molar-refractivity contribution in [2.24, 2.45) is 0 Å². The van der Waals surface area contributed by atoms with Gasteiger partial charge in [-0.3, -0.25) is 9.69 Å². The third kappa shape index (κ3) is 2.96. The zero-order chi connectivity index (χ0) is 14.5. The maximum atomic E-state index is 12.1. The molecular weight excluding hydrogens is 252 g/mol. The molecule has 0 saturated carbocycles. The van der Waals surface area contributed by atoms with Crippen molar-refractivity contribution < 1.29 is 9.90 Å². The molecule has 0 spiro atoms. The summed E-state index contributed by atoms with van der Waals surface area (Å²) in [6.45, 7) is 3.01. The van der Waals surface area contributed by atoms with E-state index < -0.39 is 0 Å². The molecular formula is C16H24N2O2. The van der Waals surface area contributed by atoms with E-state index in [4.69, 9.17) is 0 Å². The SMILES string of the molecule is CCC(c1ccccc1O)N1CCCCC1C(=O)NC. The van der Waals surface area contributed by atoms with E-state index in [-0.39, 0.29) is 18.0 Å². The molecule has 1 amide bonds. The van der Waals surface area contributed by atoms with Gasteiger partial charge in [0.1, 0.15) is 5.75 Å². The second-order valence-electron chi connectivity index (χ2n) is 5.35. The molecule has 0 radical (unpaired) electrons. The first-order valence-electron chi connectivity index (χ1n) is 7.44. The molecule has 2 rings (SSSR count). The number of para-hydroxylation sites is 1. The van der Waals surface area contributed by atoms with Crippen molar-refractivity contribution in [2.45, 2.75) is 44.7 Å². The van der Waals surface area contributed by atoms with Crippen molar-refractivity contribution in [1.82, 2.24) is 10.2 Å². The fourth-order valence-electron chi connectivity index (χ4n) is 3.18. The number of hydrogen-bond acceptors (Lipinski definition) is 3. The van der Waals surface area contributed by atoms with E-state index in [0.29, 0.717) is 5.75 Å². The molecule has 110 valence electrons. The van der Waals surface area contributed by atoms with Crippen molar-refractivity contribution in [3.05, 3.63) is 29.8 Å². The number of nitrogens with zero attached hydrogens (tertiary/aromatic N) is 1. The minimum atomic E-state index is -0.0849. The van der Waals surface area contributed by atoms with E-state index in [1.807, 2.05) is 18.2 Å². The topological polar surface area (TPSA) is 52.6 Å². The van der Waals surface area contributed by atoms with Crippen LogP contribution in [0.3, 0.4) is 0 Å². The summed E-state index contributed by atoms with van der Waals surface area (Å²) < 4.78 is 0. The highest BCUT2D eigenvalue weighted by Gasteiger charge is 2.33. The molecule has 0 bridgehead atoms. The zero-order valence-corrected chi connectivity index (χ0v) is 12.3. The molecule has 0 aliphatic carbocycles. The van der Waals surface area contributed by atoms with Crippen LogP contribution in [0.4, 0.5) is 0 Å². The van der Waals surface area contributed by atoms with Crippen LogP contribution in [-0.2, 0) is 4.79 Å². The van der Waals surface area contributed by atoms with Gasteiger partial charge in [0.2, 0.25) is 5.91 Å². The Morgan fingerprint density at radius 1 is 1.45 bits per heavy atom. The first-order valence-corrected chi connectivity index (χ1v) is 7.44. The normalized spacial score (nSPS) is 21.4. The van der Waals surface area contributed by atoms with Gasteiger partial charge in [-0.2, -0.15) is 0 Å². The summed E-state index contributed by atoms with van der Waals surface area (Å²) in [4.78, 5) is 14.3. The molecule has 1 saturated heterocycles. The summed E-state index contributed by atoms with van der Waals surface area (Å²) in [7, 11) is 1.69. The Labute approximate surface area is 120 Å². The monoisotopic (exact) mass is 276 g/mol. The quantitative estimate of drug-likeness (QED) is 0.888. The van der Waals surface area contributed by atoms with Crippen LogP contribution in [0.1, 0.15) is 44.2 Å². The molecule has 20 heavy (non-hydrogen) atoms. The van der Waals surface area contributed by atoms with Crippen LogP contribution in [0.25, 0.3) is 0 Å². The smallest absolute Gasteiger partial charge is 0.237 e. The van der Waals surface area contributed by atoms with Gasteiger partial charge >= 0.3 is 0 Å². The number of benzene rings is 1. The van der Waals surface area contributed by atoms with Crippen LogP contribution in [0.5, 0.6) is 5.75 Å². The zero-order valence-electron chi connectivity index (χ0n) is 12.3. The number of piperidine rings is 1. The van der Waals surface area contributed by atoms with Crippen LogP contribution in [0.2, 0.25) is 0 Å². The van der Waals surface area contributed by atoms with Crippen molar-refractivity contribution >= 4 is 5.91 Å². The third-order valence-corrected chi connectivity index (χ3v) is 4.18. The van der Waals surface area contributed by atoms with Gasteiger partial charge < -0.3 is 10.4 Å². The fourth-order valence-corrected chi connectivity index (χ4v) is 3.18. The van der Waals surface area contributed by atoms with Crippen LogP contribution in [0.15, 0.2) is 24.3 Å². The second kappa shape index (κ2) is 6.75. The van der Waals surface area contributed by atoms with E-state index in [2.05, 4.69) is 17.1 Å². The highest BCUT2D eigenvalue weighted by Crippen LogP contribution is 2.35. The number of phenols is 1.